The van der Waals surface area contributed by atoms with Gasteiger partial charge in [-0.15, -0.1) is 13.2 Å². The summed E-state index contributed by atoms with van der Waals surface area (Å²) < 4.78 is 56.4. The molecule has 2 aromatic carbocycles. The van der Waals surface area contributed by atoms with Crippen LogP contribution in [0.15, 0.2) is 66.1 Å². The average molecular weight is 486 g/mol. The number of hydrogen-bond donors (Lipinski definition) is 0. The van der Waals surface area contributed by atoms with Gasteiger partial charge < -0.3 is 24.0 Å². The van der Waals surface area contributed by atoms with Crippen LogP contribution in [0.5, 0.6) is 5.75 Å². The van der Waals surface area contributed by atoms with Gasteiger partial charge in [-0.1, -0.05) is 29.4 Å². The molecular weight excluding hydrogens is 467 g/mol. The zero-order valence-corrected chi connectivity index (χ0v) is 20.4. The fraction of sp³-hybridized carbons (Fsp3) is 0.217. The molecule has 34 heavy (non-hydrogen) atoms. The molecule has 0 atom stereocenters. The van der Waals surface area contributed by atoms with Gasteiger partial charge in [0.2, 0.25) is 0 Å². The zero-order chi connectivity index (χ0) is 24.0. The number of hydrogen-bond acceptors (Lipinski definition) is 5. The minimum absolute atomic E-state index is 0. The largest absolute Gasteiger partial charge is 1.00 e. The fourth-order valence-electron chi connectivity index (χ4n) is 3.15. The van der Waals surface area contributed by atoms with Crippen LogP contribution in [0.1, 0.15) is 34.0 Å². The summed E-state index contributed by atoms with van der Waals surface area (Å²) >= 11 is 0. The number of benzene rings is 2. The van der Waals surface area contributed by atoms with Crippen LogP contribution in [0, 0.1) is 5.82 Å². The normalized spacial score (nSPS) is 11.6. The number of carboxylic acid groups (broad SMARTS) is 1. The van der Waals surface area contributed by atoms with Crippen molar-refractivity contribution in [3.63, 3.8) is 0 Å². The molecule has 0 bridgehead atoms. The molecule has 0 fully saturated rings. The molecule has 0 aliphatic carbocycles. The molecule has 0 unspecified atom stereocenters. The molecule has 0 aliphatic heterocycles. The van der Waals surface area contributed by atoms with E-state index < -0.39 is 23.9 Å². The van der Waals surface area contributed by atoms with Crippen molar-refractivity contribution in [2.24, 2.45) is 5.16 Å². The molecule has 0 spiro atoms. The van der Waals surface area contributed by atoms with Crippen LogP contribution in [0.2, 0.25) is 0 Å². The Morgan fingerprint density at radius 2 is 1.82 bits per heavy atom. The van der Waals surface area contributed by atoms with E-state index in [1.807, 2.05) is 0 Å². The van der Waals surface area contributed by atoms with Gasteiger partial charge in [0.1, 0.15) is 23.9 Å². The number of ether oxygens (including phenoxy) is 1. The first kappa shape index (κ1) is 27.4. The summed E-state index contributed by atoms with van der Waals surface area (Å²) in [6.07, 6.45) is -1.74. The molecule has 174 valence electrons. The Balaban J connectivity index is 0.00000408. The third-order valence-corrected chi connectivity index (χ3v) is 4.53. The predicted octanol–water partition coefficient (Wildman–Crippen LogP) is 0.925. The third-order valence-electron chi connectivity index (χ3n) is 4.53. The van der Waals surface area contributed by atoms with Crippen molar-refractivity contribution in [2.75, 3.05) is 6.61 Å². The van der Waals surface area contributed by atoms with E-state index >= 15 is 0 Å². The number of oxime groups is 1. The van der Waals surface area contributed by atoms with E-state index in [1.54, 1.807) is 25.3 Å². The van der Waals surface area contributed by atoms with E-state index in [9.17, 15) is 27.5 Å². The van der Waals surface area contributed by atoms with Gasteiger partial charge in [0, 0.05) is 23.5 Å². The van der Waals surface area contributed by atoms with Crippen LogP contribution in [-0.2, 0) is 17.8 Å². The number of carbonyl (C=O) groups excluding carboxylic acids is 1. The van der Waals surface area contributed by atoms with E-state index in [2.05, 4.69) is 9.89 Å². The molecule has 3 aromatic rings. The molecule has 0 saturated carbocycles. The molecule has 0 N–H and O–H groups in total. The van der Waals surface area contributed by atoms with Crippen molar-refractivity contribution in [3.05, 3.63) is 89.0 Å². The number of aromatic nitrogens is 1. The van der Waals surface area contributed by atoms with Gasteiger partial charge in [0.15, 0.2) is 0 Å². The number of aromatic carboxylic acids is 1. The number of rotatable bonds is 9. The van der Waals surface area contributed by atoms with E-state index in [0.717, 1.165) is 12.1 Å². The van der Waals surface area contributed by atoms with Gasteiger partial charge in [-0.05, 0) is 48.7 Å². The van der Waals surface area contributed by atoms with Crippen LogP contribution in [0.3, 0.4) is 0 Å². The van der Waals surface area contributed by atoms with Gasteiger partial charge in [0.05, 0.1) is 12.5 Å². The number of carbonyl (C=O) groups is 1. The average Bonchev–Trinajstić information content (AvgIpc) is 3.14. The minimum atomic E-state index is -4.85. The summed E-state index contributed by atoms with van der Waals surface area (Å²) in [7, 11) is 0. The first-order valence-electron chi connectivity index (χ1n) is 9.84. The van der Waals surface area contributed by atoms with Crippen LogP contribution < -0.4 is 39.4 Å². The van der Waals surface area contributed by atoms with Crippen LogP contribution in [0.25, 0.3) is 0 Å². The monoisotopic (exact) mass is 486 g/mol. The Morgan fingerprint density at radius 3 is 2.44 bits per heavy atom. The molecule has 0 saturated heterocycles. The van der Waals surface area contributed by atoms with Gasteiger partial charge in [0.25, 0.3) is 0 Å². The molecule has 6 nitrogen and oxygen atoms in total. The molecule has 3 rings (SSSR count). The molecule has 0 radical (unpaired) electrons. The van der Waals surface area contributed by atoms with Gasteiger partial charge in [-0.25, -0.2) is 4.39 Å². The van der Waals surface area contributed by atoms with Crippen molar-refractivity contribution in [3.8, 4) is 5.75 Å². The molecule has 1 aromatic heterocycles. The predicted molar refractivity (Wildman–Crippen MR) is 109 cm³/mol. The van der Waals surface area contributed by atoms with Crippen molar-refractivity contribution < 1.29 is 66.6 Å². The Hall–Kier alpha value is -2.82. The summed E-state index contributed by atoms with van der Waals surface area (Å²) in [6, 6.07) is 10.8. The Bertz CT molecular complexity index is 1140. The molecular formula is C23H19F4N2NaO4. The quantitative estimate of drug-likeness (QED) is 0.195. The van der Waals surface area contributed by atoms with E-state index in [0.29, 0.717) is 16.7 Å². The van der Waals surface area contributed by atoms with Crippen molar-refractivity contribution in [1.29, 1.82) is 0 Å². The second-order valence-electron chi connectivity index (χ2n) is 6.99. The van der Waals surface area contributed by atoms with Crippen LogP contribution in [0.4, 0.5) is 17.6 Å². The summed E-state index contributed by atoms with van der Waals surface area (Å²) in [6.45, 7) is 1.90. The molecule has 11 heteroatoms. The van der Waals surface area contributed by atoms with Crippen molar-refractivity contribution in [1.82, 2.24) is 4.57 Å². The second-order valence-corrected chi connectivity index (χ2v) is 6.99. The van der Waals surface area contributed by atoms with Crippen LogP contribution in [-0.4, -0.2) is 29.2 Å². The fourth-order valence-corrected chi connectivity index (χ4v) is 3.15. The van der Waals surface area contributed by atoms with Gasteiger partial charge in [-0.2, -0.15) is 0 Å². The number of alkyl halides is 3. The first-order valence-corrected chi connectivity index (χ1v) is 9.84. The summed E-state index contributed by atoms with van der Waals surface area (Å²) in [4.78, 5) is 16.7. The van der Waals surface area contributed by atoms with Gasteiger partial charge >= 0.3 is 35.9 Å². The Morgan fingerprint density at radius 1 is 1.12 bits per heavy atom. The smallest absolute Gasteiger partial charge is 0.545 e. The maximum Gasteiger partial charge on any atom is 1.00 e. The summed E-state index contributed by atoms with van der Waals surface area (Å²) in [5.74, 6) is -2.23. The summed E-state index contributed by atoms with van der Waals surface area (Å²) in [5, 5.41) is 15.6. The molecule has 0 amide bonds. The van der Waals surface area contributed by atoms with Crippen LogP contribution >= 0.6 is 0 Å². The van der Waals surface area contributed by atoms with Gasteiger partial charge in [-0.3, -0.25) is 0 Å². The topological polar surface area (TPSA) is 75.9 Å². The number of nitrogens with zero attached hydrogens (tertiary/aromatic N) is 2. The standard InChI is InChI=1S/C23H20F4N2O4.Na/c1-2-32-28-21(16-4-3-5-19(11-16)33-23(25,26)27)14-29-12-17(20(13-29)22(30)31)10-15-6-8-18(24)9-7-15;/h3-9,11-13H,2,10,14H2,1H3,(H,30,31);/q;+1/p-1/b28-21+;. The second kappa shape index (κ2) is 12.0. The summed E-state index contributed by atoms with van der Waals surface area (Å²) in [5.41, 5.74) is 1.60. The zero-order valence-electron chi connectivity index (χ0n) is 18.4. The SMILES string of the molecule is CCO/N=C(\Cn1cc(Cc2ccc(F)cc2)c(C(=O)[O-])c1)c1cccc(OC(F)(F)F)c1.[Na+]. The number of halogens is 4. The van der Waals surface area contributed by atoms with E-state index in [4.69, 9.17) is 4.84 Å². The van der Waals surface area contributed by atoms with Crippen molar-refractivity contribution >= 4 is 11.7 Å². The van der Waals surface area contributed by atoms with Crippen molar-refractivity contribution in [2.45, 2.75) is 26.3 Å². The third kappa shape index (κ3) is 7.89. The van der Waals surface area contributed by atoms with E-state index in [1.165, 1.54) is 35.0 Å². The minimum Gasteiger partial charge on any atom is -0.545 e. The maximum absolute atomic E-state index is 13.2. The Labute approximate surface area is 215 Å². The molecule has 0 aliphatic rings. The molecule has 1 heterocycles. The first-order chi connectivity index (χ1) is 15.6. The number of carboxylic acids is 1. The maximum atomic E-state index is 13.2. The Kier molecular flexibility index (Phi) is 9.72. The van der Waals surface area contributed by atoms with E-state index in [-0.39, 0.29) is 60.4 Å².